The van der Waals surface area contributed by atoms with Crippen LogP contribution in [-0.4, -0.2) is 9.97 Å². The van der Waals surface area contributed by atoms with Crippen molar-refractivity contribution >= 4 is 21.7 Å². The van der Waals surface area contributed by atoms with E-state index in [1.54, 1.807) is 0 Å². The summed E-state index contributed by atoms with van der Waals surface area (Å²) in [7, 11) is 0. The zero-order valence-electron chi connectivity index (χ0n) is 11.0. The van der Waals surface area contributed by atoms with Gasteiger partial charge in [0.05, 0.1) is 10.2 Å². The molecule has 94 valence electrons. The summed E-state index contributed by atoms with van der Waals surface area (Å²) in [5, 5.41) is 0. The smallest absolute Gasteiger partial charge is 0.162 e. The van der Waals surface area contributed by atoms with E-state index in [1.165, 1.54) is 16.7 Å². The van der Waals surface area contributed by atoms with E-state index in [9.17, 15) is 0 Å². The lowest BCUT2D eigenvalue weighted by atomic mass is 9.99. The van der Waals surface area contributed by atoms with Crippen LogP contribution in [0, 0.1) is 27.7 Å². The third kappa shape index (κ3) is 2.25. The minimum atomic E-state index is 0.483. The van der Waals surface area contributed by atoms with E-state index in [0.29, 0.717) is 11.6 Å². The Morgan fingerprint density at radius 2 is 1.56 bits per heavy atom. The zero-order valence-corrected chi connectivity index (χ0v) is 12.6. The van der Waals surface area contributed by atoms with Crippen LogP contribution in [0.5, 0.6) is 0 Å². The Kier molecular flexibility index (Phi) is 3.39. The lowest BCUT2D eigenvalue weighted by Gasteiger charge is -2.12. The van der Waals surface area contributed by atoms with Crippen LogP contribution < -0.4 is 5.73 Å². The Morgan fingerprint density at radius 3 is 2.06 bits per heavy atom. The van der Waals surface area contributed by atoms with Crippen LogP contribution >= 0.6 is 15.9 Å². The Bertz CT molecular complexity index is 574. The molecule has 3 nitrogen and oxygen atoms in total. The molecule has 1 aromatic carbocycles. The minimum absolute atomic E-state index is 0.483. The van der Waals surface area contributed by atoms with E-state index >= 15 is 0 Å². The highest BCUT2D eigenvalue weighted by molar-refractivity contribution is 9.10. The normalized spacial score (nSPS) is 10.7. The van der Waals surface area contributed by atoms with E-state index in [-0.39, 0.29) is 0 Å². The van der Waals surface area contributed by atoms with Crippen LogP contribution in [0.1, 0.15) is 22.4 Å². The second-order valence-electron chi connectivity index (χ2n) is 4.61. The molecular formula is C14H16BrN3. The molecule has 0 spiro atoms. The van der Waals surface area contributed by atoms with E-state index in [1.807, 2.05) is 6.92 Å². The summed E-state index contributed by atoms with van der Waals surface area (Å²) in [6.07, 6.45) is 0. The van der Waals surface area contributed by atoms with Crippen molar-refractivity contribution in [2.75, 3.05) is 5.73 Å². The molecule has 0 fully saturated rings. The number of nitrogen functional groups attached to an aromatic ring is 1. The summed E-state index contributed by atoms with van der Waals surface area (Å²) in [6.45, 7) is 8.16. The summed E-state index contributed by atoms with van der Waals surface area (Å²) in [5.41, 5.74) is 11.4. The molecule has 0 saturated carbocycles. The molecule has 0 atom stereocenters. The lowest BCUT2D eigenvalue weighted by Crippen LogP contribution is -2.02. The topological polar surface area (TPSA) is 51.8 Å². The van der Waals surface area contributed by atoms with Gasteiger partial charge in [0.1, 0.15) is 5.82 Å². The Labute approximate surface area is 116 Å². The van der Waals surface area contributed by atoms with Gasteiger partial charge in [-0.15, -0.1) is 0 Å². The number of aromatic nitrogens is 2. The molecule has 0 saturated heterocycles. The molecule has 0 radical (unpaired) electrons. The maximum absolute atomic E-state index is 5.89. The third-order valence-corrected chi connectivity index (χ3v) is 3.92. The molecule has 0 aliphatic carbocycles. The highest BCUT2D eigenvalue weighted by Crippen LogP contribution is 2.29. The lowest BCUT2D eigenvalue weighted by molar-refractivity contribution is 1.09. The average molecular weight is 306 g/mol. The fraction of sp³-hybridized carbons (Fsp3) is 0.286. The van der Waals surface area contributed by atoms with Crippen molar-refractivity contribution in [2.45, 2.75) is 27.7 Å². The van der Waals surface area contributed by atoms with Gasteiger partial charge in [0, 0.05) is 5.56 Å². The molecular weight excluding hydrogens is 290 g/mol. The minimum Gasteiger partial charge on any atom is -0.383 e. The van der Waals surface area contributed by atoms with Crippen molar-refractivity contribution in [3.8, 4) is 11.4 Å². The van der Waals surface area contributed by atoms with E-state index in [4.69, 9.17) is 5.73 Å². The molecule has 2 rings (SSSR count). The van der Waals surface area contributed by atoms with Gasteiger partial charge in [0.15, 0.2) is 5.82 Å². The predicted molar refractivity (Wildman–Crippen MR) is 78.5 cm³/mol. The molecule has 0 aliphatic rings. The van der Waals surface area contributed by atoms with Gasteiger partial charge in [0.25, 0.3) is 0 Å². The number of nitrogens with two attached hydrogens (primary N) is 1. The predicted octanol–water partition coefficient (Wildman–Crippen LogP) is 3.72. The molecule has 0 unspecified atom stereocenters. The molecule has 1 heterocycles. The number of halogens is 1. The fourth-order valence-electron chi connectivity index (χ4n) is 2.23. The summed E-state index contributed by atoms with van der Waals surface area (Å²) in [6, 6.07) is 4.28. The third-order valence-electron chi connectivity index (χ3n) is 2.94. The van der Waals surface area contributed by atoms with Gasteiger partial charge < -0.3 is 5.73 Å². The monoisotopic (exact) mass is 305 g/mol. The number of aryl methyl sites for hydroxylation is 4. The molecule has 2 N–H and O–H groups in total. The molecule has 4 heteroatoms. The number of rotatable bonds is 1. The van der Waals surface area contributed by atoms with Crippen LogP contribution in [0.3, 0.4) is 0 Å². The molecule has 0 aliphatic heterocycles. The van der Waals surface area contributed by atoms with Crippen molar-refractivity contribution in [1.29, 1.82) is 0 Å². The van der Waals surface area contributed by atoms with Gasteiger partial charge in [-0.1, -0.05) is 17.7 Å². The molecule has 0 bridgehead atoms. The number of hydrogen-bond donors (Lipinski definition) is 1. The van der Waals surface area contributed by atoms with E-state index < -0.39 is 0 Å². The van der Waals surface area contributed by atoms with Gasteiger partial charge in [-0.05, 0) is 54.8 Å². The first-order chi connectivity index (χ1) is 8.40. The van der Waals surface area contributed by atoms with Crippen molar-refractivity contribution in [2.24, 2.45) is 0 Å². The van der Waals surface area contributed by atoms with Crippen molar-refractivity contribution < 1.29 is 0 Å². The Balaban J connectivity index is 2.70. The van der Waals surface area contributed by atoms with E-state index in [0.717, 1.165) is 15.7 Å². The number of benzene rings is 1. The number of hydrogen-bond acceptors (Lipinski definition) is 3. The first-order valence-corrected chi connectivity index (χ1v) is 6.57. The largest absolute Gasteiger partial charge is 0.383 e. The second kappa shape index (κ2) is 4.69. The van der Waals surface area contributed by atoms with Gasteiger partial charge in [-0.2, -0.15) is 0 Å². The summed E-state index contributed by atoms with van der Waals surface area (Å²) in [5.74, 6) is 1.18. The van der Waals surface area contributed by atoms with Crippen LogP contribution in [0.2, 0.25) is 0 Å². The van der Waals surface area contributed by atoms with Crippen LogP contribution in [0.15, 0.2) is 16.6 Å². The average Bonchev–Trinajstić information content (AvgIpc) is 2.24. The summed E-state index contributed by atoms with van der Waals surface area (Å²) >= 11 is 3.38. The molecule has 18 heavy (non-hydrogen) atoms. The van der Waals surface area contributed by atoms with Gasteiger partial charge in [-0.25, -0.2) is 9.97 Å². The van der Waals surface area contributed by atoms with Gasteiger partial charge in [-0.3, -0.25) is 0 Å². The van der Waals surface area contributed by atoms with Crippen molar-refractivity contribution in [3.63, 3.8) is 0 Å². The fourth-order valence-corrected chi connectivity index (χ4v) is 2.40. The Hall–Kier alpha value is -1.42. The van der Waals surface area contributed by atoms with Crippen LogP contribution in [-0.2, 0) is 0 Å². The first-order valence-electron chi connectivity index (χ1n) is 5.78. The summed E-state index contributed by atoms with van der Waals surface area (Å²) < 4.78 is 0.772. The standard InChI is InChI=1S/C14H16BrN3/c1-7-5-8(2)11(9(3)6-7)14-17-10(4)12(15)13(16)18-14/h5-6H,1-4H3,(H2,16,17,18). The first kappa shape index (κ1) is 13.0. The highest BCUT2D eigenvalue weighted by atomic mass is 79.9. The number of nitrogens with zero attached hydrogens (tertiary/aromatic N) is 2. The maximum atomic E-state index is 5.89. The maximum Gasteiger partial charge on any atom is 0.162 e. The molecule has 1 aromatic heterocycles. The summed E-state index contributed by atoms with van der Waals surface area (Å²) in [4.78, 5) is 8.89. The molecule has 0 amide bonds. The van der Waals surface area contributed by atoms with Gasteiger partial charge in [0.2, 0.25) is 0 Å². The zero-order chi connectivity index (χ0) is 13.4. The van der Waals surface area contributed by atoms with Gasteiger partial charge >= 0.3 is 0 Å². The van der Waals surface area contributed by atoms with Crippen molar-refractivity contribution in [1.82, 2.24) is 9.97 Å². The van der Waals surface area contributed by atoms with Crippen LogP contribution in [0.4, 0.5) is 5.82 Å². The Morgan fingerprint density at radius 1 is 1.00 bits per heavy atom. The quantitative estimate of drug-likeness (QED) is 0.873. The van der Waals surface area contributed by atoms with E-state index in [2.05, 4.69) is 58.8 Å². The highest BCUT2D eigenvalue weighted by Gasteiger charge is 2.13. The van der Waals surface area contributed by atoms with Crippen LogP contribution in [0.25, 0.3) is 11.4 Å². The van der Waals surface area contributed by atoms with Crippen molar-refractivity contribution in [3.05, 3.63) is 39.0 Å². The number of anilines is 1. The molecule has 2 aromatic rings. The second-order valence-corrected chi connectivity index (χ2v) is 5.40. The SMILES string of the molecule is Cc1cc(C)c(-c2nc(C)c(Br)c(N)n2)c(C)c1.